The van der Waals surface area contributed by atoms with E-state index in [0.29, 0.717) is 43.2 Å². The number of fused-ring (bicyclic) bond motifs is 1. The summed E-state index contributed by atoms with van der Waals surface area (Å²) in [6, 6.07) is 13.7. The van der Waals surface area contributed by atoms with Gasteiger partial charge in [-0.3, -0.25) is 4.79 Å². The van der Waals surface area contributed by atoms with Crippen LogP contribution in [0.25, 0.3) is 0 Å². The van der Waals surface area contributed by atoms with E-state index >= 15 is 0 Å². The van der Waals surface area contributed by atoms with Crippen molar-refractivity contribution in [2.75, 3.05) is 31.1 Å². The van der Waals surface area contributed by atoms with Gasteiger partial charge in [-0.25, -0.2) is 8.42 Å². The predicted octanol–water partition coefficient (Wildman–Crippen LogP) is 2.90. The largest absolute Gasteiger partial charge is 0.490 e. The number of carbonyl (C=O) groups excluding carboxylic acids is 1. The molecular formula is C20H22N2O4S. The van der Waals surface area contributed by atoms with Crippen LogP contribution in [0.1, 0.15) is 29.6 Å². The molecule has 2 heterocycles. The highest BCUT2D eigenvalue weighted by molar-refractivity contribution is 7.89. The average molecular weight is 386 g/mol. The summed E-state index contributed by atoms with van der Waals surface area (Å²) in [6.45, 7) is 1.92. The number of rotatable bonds is 3. The molecule has 1 amide bonds. The van der Waals surface area contributed by atoms with Gasteiger partial charge in [0.05, 0.1) is 17.1 Å². The van der Waals surface area contributed by atoms with E-state index in [4.69, 9.17) is 4.74 Å². The molecule has 2 aliphatic heterocycles. The van der Waals surface area contributed by atoms with Gasteiger partial charge in [-0.15, -0.1) is 0 Å². The molecule has 1 fully saturated rings. The number of hydrogen-bond donors (Lipinski definition) is 0. The number of anilines is 1. The SMILES string of the molecule is O=C(c1cccc(S(=O)(=O)N2CCCCC2)c1)N1CCOc2ccccc21. The van der Waals surface area contributed by atoms with Gasteiger partial charge in [0, 0.05) is 18.7 Å². The van der Waals surface area contributed by atoms with Crippen molar-refractivity contribution in [2.24, 2.45) is 0 Å². The fraction of sp³-hybridized carbons (Fsp3) is 0.350. The monoisotopic (exact) mass is 386 g/mol. The zero-order valence-electron chi connectivity index (χ0n) is 15.0. The molecule has 0 N–H and O–H groups in total. The molecule has 0 unspecified atom stereocenters. The van der Waals surface area contributed by atoms with E-state index in [1.54, 1.807) is 23.1 Å². The van der Waals surface area contributed by atoms with E-state index < -0.39 is 10.0 Å². The maximum Gasteiger partial charge on any atom is 0.258 e. The molecule has 0 bridgehead atoms. The van der Waals surface area contributed by atoms with Crippen LogP contribution in [0, 0.1) is 0 Å². The Kier molecular flexibility index (Phi) is 4.88. The third-order valence-corrected chi connectivity index (χ3v) is 6.90. The summed E-state index contributed by atoms with van der Waals surface area (Å²) in [5.74, 6) is 0.440. The fourth-order valence-corrected chi connectivity index (χ4v) is 5.14. The van der Waals surface area contributed by atoms with E-state index in [2.05, 4.69) is 0 Å². The summed E-state index contributed by atoms with van der Waals surface area (Å²) in [5, 5.41) is 0. The second kappa shape index (κ2) is 7.32. The third kappa shape index (κ3) is 3.44. The van der Waals surface area contributed by atoms with Gasteiger partial charge < -0.3 is 9.64 Å². The molecule has 1 saturated heterocycles. The molecule has 0 aliphatic carbocycles. The Morgan fingerprint density at radius 1 is 0.926 bits per heavy atom. The summed E-state index contributed by atoms with van der Waals surface area (Å²) in [4.78, 5) is 14.9. The average Bonchev–Trinajstić information content (AvgIpc) is 2.73. The Hall–Kier alpha value is -2.38. The van der Waals surface area contributed by atoms with Crippen molar-refractivity contribution in [3.8, 4) is 5.75 Å². The third-order valence-electron chi connectivity index (χ3n) is 5.01. The van der Waals surface area contributed by atoms with Crippen LogP contribution in [-0.2, 0) is 10.0 Å². The van der Waals surface area contributed by atoms with Crippen LogP contribution in [0.4, 0.5) is 5.69 Å². The molecule has 4 rings (SSSR count). The fourth-order valence-electron chi connectivity index (χ4n) is 3.58. The number of benzene rings is 2. The summed E-state index contributed by atoms with van der Waals surface area (Å²) in [6.07, 6.45) is 2.81. The van der Waals surface area contributed by atoms with Crippen molar-refractivity contribution in [2.45, 2.75) is 24.2 Å². The minimum Gasteiger partial charge on any atom is -0.490 e. The van der Waals surface area contributed by atoms with Gasteiger partial charge in [-0.1, -0.05) is 24.6 Å². The Balaban J connectivity index is 1.64. The van der Waals surface area contributed by atoms with Crippen LogP contribution in [-0.4, -0.2) is 44.9 Å². The lowest BCUT2D eigenvalue weighted by Gasteiger charge is -2.30. The highest BCUT2D eigenvalue weighted by atomic mass is 32.2. The van der Waals surface area contributed by atoms with E-state index in [0.717, 1.165) is 19.3 Å². The number of piperidine rings is 1. The number of nitrogens with zero attached hydrogens (tertiary/aromatic N) is 2. The normalized spacial score (nSPS) is 17.9. The molecular weight excluding hydrogens is 364 g/mol. The lowest BCUT2D eigenvalue weighted by Crippen LogP contribution is -2.38. The van der Waals surface area contributed by atoms with Crippen molar-refractivity contribution in [1.82, 2.24) is 4.31 Å². The first-order chi connectivity index (χ1) is 13.1. The van der Waals surface area contributed by atoms with Gasteiger partial charge in [-0.05, 0) is 43.2 Å². The van der Waals surface area contributed by atoms with E-state index in [-0.39, 0.29) is 10.8 Å². The number of ether oxygens (including phenoxy) is 1. The number of para-hydroxylation sites is 2. The molecule has 0 saturated carbocycles. The summed E-state index contributed by atoms with van der Waals surface area (Å²) < 4.78 is 33.0. The highest BCUT2D eigenvalue weighted by Gasteiger charge is 2.28. The van der Waals surface area contributed by atoms with E-state index in [1.165, 1.54) is 10.4 Å². The molecule has 2 aliphatic rings. The first-order valence-corrected chi connectivity index (χ1v) is 10.7. The maximum absolute atomic E-state index is 13.1. The van der Waals surface area contributed by atoms with Gasteiger partial charge in [0.1, 0.15) is 12.4 Å². The standard InChI is InChI=1S/C20H22N2O4S/c23-20(22-13-14-26-19-10-3-2-9-18(19)22)16-7-6-8-17(15-16)27(24,25)21-11-4-1-5-12-21/h2-3,6-10,15H,1,4-5,11-14H2. The summed E-state index contributed by atoms with van der Waals surface area (Å²) >= 11 is 0. The second-order valence-corrected chi connectivity index (χ2v) is 8.70. The summed E-state index contributed by atoms with van der Waals surface area (Å²) in [5.41, 5.74) is 1.07. The maximum atomic E-state index is 13.1. The molecule has 6 nitrogen and oxygen atoms in total. The number of sulfonamides is 1. The van der Waals surface area contributed by atoms with Gasteiger partial charge in [0.25, 0.3) is 5.91 Å². The number of amides is 1. The lowest BCUT2D eigenvalue weighted by molar-refractivity contribution is 0.0976. The Morgan fingerprint density at radius 2 is 1.70 bits per heavy atom. The highest BCUT2D eigenvalue weighted by Crippen LogP contribution is 2.32. The smallest absolute Gasteiger partial charge is 0.258 e. The zero-order valence-corrected chi connectivity index (χ0v) is 15.8. The van der Waals surface area contributed by atoms with Crippen LogP contribution in [0.15, 0.2) is 53.4 Å². The first kappa shape index (κ1) is 18.0. The first-order valence-electron chi connectivity index (χ1n) is 9.21. The molecule has 2 aromatic rings. The molecule has 0 aromatic heterocycles. The van der Waals surface area contributed by atoms with Crippen molar-refractivity contribution in [3.05, 3.63) is 54.1 Å². The van der Waals surface area contributed by atoms with Gasteiger partial charge in [-0.2, -0.15) is 4.31 Å². The Bertz CT molecular complexity index is 952. The zero-order chi connectivity index (χ0) is 18.9. The minimum absolute atomic E-state index is 0.178. The molecule has 2 aromatic carbocycles. The Morgan fingerprint density at radius 3 is 2.52 bits per heavy atom. The van der Waals surface area contributed by atoms with Gasteiger partial charge in [0.15, 0.2) is 0 Å². The molecule has 0 radical (unpaired) electrons. The molecule has 0 spiro atoms. The van der Waals surface area contributed by atoms with Crippen molar-refractivity contribution in [1.29, 1.82) is 0 Å². The molecule has 0 atom stereocenters. The minimum atomic E-state index is -3.57. The van der Waals surface area contributed by atoms with Crippen LogP contribution < -0.4 is 9.64 Å². The van der Waals surface area contributed by atoms with Crippen LogP contribution >= 0.6 is 0 Å². The predicted molar refractivity (Wildman–Crippen MR) is 103 cm³/mol. The number of carbonyl (C=O) groups is 1. The topological polar surface area (TPSA) is 66.9 Å². The van der Waals surface area contributed by atoms with Crippen LogP contribution in [0.3, 0.4) is 0 Å². The van der Waals surface area contributed by atoms with E-state index in [9.17, 15) is 13.2 Å². The van der Waals surface area contributed by atoms with Crippen molar-refractivity contribution in [3.63, 3.8) is 0 Å². The number of hydrogen-bond acceptors (Lipinski definition) is 4. The Labute approximate surface area is 159 Å². The lowest BCUT2D eigenvalue weighted by atomic mass is 10.1. The quantitative estimate of drug-likeness (QED) is 0.814. The van der Waals surface area contributed by atoms with Gasteiger partial charge in [0.2, 0.25) is 10.0 Å². The second-order valence-electron chi connectivity index (χ2n) is 6.77. The molecule has 7 heteroatoms. The molecule has 27 heavy (non-hydrogen) atoms. The van der Waals surface area contributed by atoms with Gasteiger partial charge >= 0.3 is 0 Å². The van der Waals surface area contributed by atoms with Crippen molar-refractivity contribution >= 4 is 21.6 Å². The summed E-state index contributed by atoms with van der Waals surface area (Å²) in [7, 11) is -3.57. The van der Waals surface area contributed by atoms with E-state index in [1.807, 2.05) is 24.3 Å². The molecule has 142 valence electrons. The van der Waals surface area contributed by atoms with Crippen LogP contribution in [0.2, 0.25) is 0 Å². The van der Waals surface area contributed by atoms with Crippen LogP contribution in [0.5, 0.6) is 5.75 Å². The van der Waals surface area contributed by atoms with Crippen molar-refractivity contribution < 1.29 is 17.9 Å².